The third-order valence-electron chi connectivity index (χ3n) is 2.68. The lowest BCUT2D eigenvalue weighted by Crippen LogP contribution is -2.12. The van der Waals surface area contributed by atoms with Gasteiger partial charge in [0.25, 0.3) is 5.56 Å². The Morgan fingerprint density at radius 2 is 1.95 bits per heavy atom. The fourth-order valence-electron chi connectivity index (χ4n) is 1.85. The molecule has 0 aliphatic rings. The van der Waals surface area contributed by atoms with Crippen molar-refractivity contribution < 1.29 is 8.78 Å². The van der Waals surface area contributed by atoms with Crippen molar-refractivity contribution in [3.63, 3.8) is 0 Å². The van der Waals surface area contributed by atoms with Crippen LogP contribution in [-0.4, -0.2) is 15.0 Å². The van der Waals surface area contributed by atoms with Gasteiger partial charge in [-0.25, -0.2) is 18.7 Å². The van der Waals surface area contributed by atoms with Gasteiger partial charge in [0.15, 0.2) is 5.82 Å². The van der Waals surface area contributed by atoms with Crippen molar-refractivity contribution in [2.24, 2.45) is 0 Å². The minimum atomic E-state index is -0.942. The van der Waals surface area contributed by atoms with Gasteiger partial charge in [-0.15, -0.1) is 0 Å². The van der Waals surface area contributed by atoms with E-state index in [1.165, 1.54) is 0 Å². The number of nitrogens with one attached hydrogen (secondary N) is 1. The molecule has 3 rings (SSSR count). The lowest BCUT2D eigenvalue weighted by molar-refractivity contribution is 0.591. The highest BCUT2D eigenvalue weighted by Gasteiger charge is 2.12. The third kappa shape index (κ3) is 2.20. The number of hydrogen-bond donors (Lipinski definition) is 1. The SMILES string of the molecule is O=c1[nH]c(-c2cccc(Br)n2)nc2cc(F)cc(F)c12. The molecule has 4 nitrogen and oxygen atoms in total. The van der Waals surface area contributed by atoms with Gasteiger partial charge in [-0.1, -0.05) is 6.07 Å². The second kappa shape index (κ2) is 4.75. The van der Waals surface area contributed by atoms with E-state index in [0.29, 0.717) is 16.4 Å². The highest BCUT2D eigenvalue weighted by atomic mass is 79.9. The van der Waals surface area contributed by atoms with Gasteiger partial charge in [0.05, 0.1) is 5.52 Å². The van der Waals surface area contributed by atoms with Crippen LogP contribution in [0.15, 0.2) is 39.7 Å². The summed E-state index contributed by atoms with van der Waals surface area (Å²) >= 11 is 3.20. The largest absolute Gasteiger partial charge is 0.305 e. The number of nitrogens with zero attached hydrogens (tertiary/aromatic N) is 2. The van der Waals surface area contributed by atoms with Crippen molar-refractivity contribution in [1.82, 2.24) is 15.0 Å². The molecule has 1 N–H and O–H groups in total. The number of pyridine rings is 1. The summed E-state index contributed by atoms with van der Waals surface area (Å²) in [7, 11) is 0. The van der Waals surface area contributed by atoms with Gasteiger partial charge in [-0.3, -0.25) is 4.79 Å². The van der Waals surface area contributed by atoms with Gasteiger partial charge >= 0.3 is 0 Å². The molecule has 0 spiro atoms. The molecule has 7 heteroatoms. The molecule has 100 valence electrons. The lowest BCUT2D eigenvalue weighted by Gasteiger charge is -2.04. The molecule has 0 aliphatic carbocycles. The maximum Gasteiger partial charge on any atom is 0.262 e. The van der Waals surface area contributed by atoms with E-state index in [-0.39, 0.29) is 16.7 Å². The molecule has 2 aromatic heterocycles. The molecule has 0 amide bonds. The number of hydrogen-bond acceptors (Lipinski definition) is 3. The Bertz CT molecular complexity index is 879. The quantitative estimate of drug-likeness (QED) is 0.694. The van der Waals surface area contributed by atoms with Crippen LogP contribution < -0.4 is 5.56 Å². The highest BCUT2D eigenvalue weighted by Crippen LogP contribution is 2.19. The number of rotatable bonds is 1. The molecule has 20 heavy (non-hydrogen) atoms. The van der Waals surface area contributed by atoms with E-state index in [1.807, 2.05) is 0 Å². The zero-order valence-electron chi connectivity index (χ0n) is 9.82. The molecule has 0 bridgehead atoms. The molecular formula is C13H6BrF2N3O. The number of fused-ring (bicyclic) bond motifs is 1. The number of halogens is 3. The maximum atomic E-state index is 13.6. The van der Waals surface area contributed by atoms with Crippen LogP contribution in [0.4, 0.5) is 8.78 Å². The summed E-state index contributed by atoms with van der Waals surface area (Å²) in [5.74, 6) is -1.59. The number of aromatic nitrogens is 3. The summed E-state index contributed by atoms with van der Waals surface area (Å²) < 4.78 is 27.4. The second-order valence-electron chi connectivity index (χ2n) is 4.04. The van der Waals surface area contributed by atoms with E-state index < -0.39 is 17.2 Å². The number of H-pyrrole nitrogens is 1. The van der Waals surface area contributed by atoms with Crippen LogP contribution in [0.2, 0.25) is 0 Å². The van der Waals surface area contributed by atoms with Crippen LogP contribution in [0.1, 0.15) is 0 Å². The van der Waals surface area contributed by atoms with Crippen LogP contribution in [0.3, 0.4) is 0 Å². The summed E-state index contributed by atoms with van der Waals surface area (Å²) in [5.41, 5.74) is -0.338. The van der Waals surface area contributed by atoms with Crippen molar-refractivity contribution in [3.05, 3.63) is 56.9 Å². The van der Waals surface area contributed by atoms with Crippen molar-refractivity contribution in [3.8, 4) is 11.5 Å². The first-order valence-electron chi connectivity index (χ1n) is 5.56. The molecule has 2 heterocycles. The van der Waals surface area contributed by atoms with E-state index in [2.05, 4.69) is 30.9 Å². The Morgan fingerprint density at radius 3 is 2.70 bits per heavy atom. The van der Waals surface area contributed by atoms with E-state index in [0.717, 1.165) is 6.07 Å². The molecular weight excluding hydrogens is 332 g/mol. The fraction of sp³-hybridized carbons (Fsp3) is 0. The van der Waals surface area contributed by atoms with Gasteiger partial charge in [0, 0.05) is 12.1 Å². The average molecular weight is 338 g/mol. The minimum Gasteiger partial charge on any atom is -0.305 e. The Labute approximate surface area is 119 Å². The van der Waals surface area contributed by atoms with Crippen LogP contribution >= 0.6 is 15.9 Å². The Morgan fingerprint density at radius 1 is 1.15 bits per heavy atom. The van der Waals surface area contributed by atoms with E-state index in [4.69, 9.17) is 0 Å². The number of aromatic amines is 1. The van der Waals surface area contributed by atoms with Gasteiger partial charge in [0.2, 0.25) is 0 Å². The lowest BCUT2D eigenvalue weighted by atomic mass is 10.2. The van der Waals surface area contributed by atoms with E-state index >= 15 is 0 Å². The smallest absolute Gasteiger partial charge is 0.262 e. The fourth-order valence-corrected chi connectivity index (χ4v) is 2.20. The topological polar surface area (TPSA) is 58.6 Å². The average Bonchev–Trinajstić information content (AvgIpc) is 2.37. The summed E-state index contributed by atoms with van der Waals surface area (Å²) in [4.78, 5) is 22.5. The van der Waals surface area contributed by atoms with E-state index in [9.17, 15) is 13.6 Å². The maximum absolute atomic E-state index is 13.6. The molecule has 0 saturated heterocycles. The van der Waals surface area contributed by atoms with Crippen molar-refractivity contribution in [1.29, 1.82) is 0 Å². The molecule has 0 aliphatic heterocycles. The van der Waals surface area contributed by atoms with Gasteiger partial charge in [-0.05, 0) is 28.1 Å². The standard InChI is InChI=1S/C13H6BrF2N3O/c14-10-3-1-2-8(17-10)12-18-9-5-6(15)4-7(16)11(9)13(20)19-12/h1-5H,(H,18,19,20). The van der Waals surface area contributed by atoms with Gasteiger partial charge < -0.3 is 4.98 Å². The Kier molecular flexibility index (Phi) is 3.06. The van der Waals surface area contributed by atoms with Crippen LogP contribution in [0.25, 0.3) is 22.4 Å². The normalized spacial score (nSPS) is 10.9. The van der Waals surface area contributed by atoms with Crippen LogP contribution in [0, 0.1) is 11.6 Å². The summed E-state index contributed by atoms with van der Waals surface area (Å²) in [6.07, 6.45) is 0. The van der Waals surface area contributed by atoms with E-state index in [1.54, 1.807) is 18.2 Å². The molecule has 1 aromatic carbocycles. The predicted octanol–water partition coefficient (Wildman–Crippen LogP) is 3.03. The zero-order chi connectivity index (χ0) is 14.3. The molecule has 0 saturated carbocycles. The van der Waals surface area contributed by atoms with Gasteiger partial charge in [-0.2, -0.15) is 0 Å². The monoisotopic (exact) mass is 337 g/mol. The molecule has 0 fully saturated rings. The summed E-state index contributed by atoms with van der Waals surface area (Å²) in [5, 5.41) is -0.273. The third-order valence-corrected chi connectivity index (χ3v) is 3.12. The molecule has 0 atom stereocenters. The Hall–Kier alpha value is -2.15. The first-order chi connectivity index (χ1) is 9.54. The van der Waals surface area contributed by atoms with Crippen LogP contribution in [-0.2, 0) is 0 Å². The van der Waals surface area contributed by atoms with Crippen molar-refractivity contribution >= 4 is 26.8 Å². The predicted molar refractivity (Wildman–Crippen MR) is 73.2 cm³/mol. The zero-order valence-corrected chi connectivity index (χ0v) is 11.4. The Balaban J connectivity index is 2.32. The van der Waals surface area contributed by atoms with Gasteiger partial charge in [0.1, 0.15) is 27.3 Å². The summed E-state index contributed by atoms with van der Waals surface area (Å²) in [6.45, 7) is 0. The molecule has 0 radical (unpaired) electrons. The first kappa shape index (κ1) is 12.9. The molecule has 3 aromatic rings. The van der Waals surface area contributed by atoms with Crippen molar-refractivity contribution in [2.45, 2.75) is 0 Å². The number of benzene rings is 1. The summed E-state index contributed by atoms with van der Waals surface area (Å²) in [6, 6.07) is 6.71. The molecule has 0 unspecified atom stereocenters. The van der Waals surface area contributed by atoms with Crippen LogP contribution in [0.5, 0.6) is 0 Å². The van der Waals surface area contributed by atoms with Crippen molar-refractivity contribution in [2.75, 3.05) is 0 Å². The minimum absolute atomic E-state index is 0.0528. The second-order valence-corrected chi connectivity index (χ2v) is 4.85. The highest BCUT2D eigenvalue weighted by molar-refractivity contribution is 9.10. The first-order valence-corrected chi connectivity index (χ1v) is 6.36.